The van der Waals surface area contributed by atoms with Crippen molar-refractivity contribution in [2.24, 2.45) is 0 Å². The molecule has 1 aliphatic rings. The molecule has 0 saturated heterocycles. The van der Waals surface area contributed by atoms with Gasteiger partial charge >= 0.3 is 5.97 Å². The van der Waals surface area contributed by atoms with Crippen molar-refractivity contribution in [3.8, 4) is 0 Å². The van der Waals surface area contributed by atoms with Crippen LogP contribution in [0.4, 0.5) is 5.69 Å². The summed E-state index contributed by atoms with van der Waals surface area (Å²) >= 11 is 3.28. The number of carbonyl (C=O) groups is 2. The van der Waals surface area contributed by atoms with E-state index in [0.717, 1.165) is 4.47 Å². The van der Waals surface area contributed by atoms with Gasteiger partial charge in [-0.2, -0.15) is 0 Å². The Morgan fingerprint density at radius 1 is 1.53 bits per heavy atom. The van der Waals surface area contributed by atoms with E-state index in [1.807, 2.05) is 0 Å². The molecule has 1 amide bonds. The fourth-order valence-electron chi connectivity index (χ4n) is 1.65. The zero-order valence-corrected chi connectivity index (χ0v) is 9.24. The Morgan fingerprint density at radius 2 is 2.27 bits per heavy atom. The smallest absolute Gasteiger partial charge is 0.311 e. The van der Waals surface area contributed by atoms with Gasteiger partial charge in [-0.1, -0.05) is 15.9 Å². The molecule has 1 aromatic rings. The Bertz CT molecular complexity index is 444. The van der Waals surface area contributed by atoms with Gasteiger partial charge in [0.05, 0.1) is 5.92 Å². The van der Waals surface area contributed by atoms with Gasteiger partial charge in [0.25, 0.3) is 0 Å². The average Bonchev–Trinajstić information content (AvgIpc) is 2.17. The topological polar surface area (TPSA) is 66.4 Å². The number of aliphatic carboxylic acids is 1. The van der Waals surface area contributed by atoms with Gasteiger partial charge in [-0.25, -0.2) is 0 Å². The van der Waals surface area contributed by atoms with Crippen LogP contribution in [0.3, 0.4) is 0 Å². The van der Waals surface area contributed by atoms with Crippen molar-refractivity contribution in [2.75, 3.05) is 5.32 Å². The Morgan fingerprint density at radius 3 is 2.93 bits per heavy atom. The lowest BCUT2D eigenvalue weighted by molar-refractivity contribution is -0.140. The minimum Gasteiger partial charge on any atom is -0.481 e. The van der Waals surface area contributed by atoms with Gasteiger partial charge in [-0.3, -0.25) is 9.59 Å². The molecule has 0 aliphatic carbocycles. The summed E-state index contributed by atoms with van der Waals surface area (Å²) in [6.07, 6.45) is -0.00120. The van der Waals surface area contributed by atoms with Crippen molar-refractivity contribution in [1.82, 2.24) is 0 Å². The van der Waals surface area contributed by atoms with Gasteiger partial charge < -0.3 is 10.4 Å². The van der Waals surface area contributed by atoms with E-state index in [1.54, 1.807) is 18.2 Å². The van der Waals surface area contributed by atoms with Crippen LogP contribution < -0.4 is 5.32 Å². The minimum atomic E-state index is -0.968. The van der Waals surface area contributed by atoms with Crippen molar-refractivity contribution in [3.63, 3.8) is 0 Å². The molecule has 1 aliphatic heterocycles. The van der Waals surface area contributed by atoms with Crippen molar-refractivity contribution in [3.05, 3.63) is 28.2 Å². The average molecular weight is 270 g/mol. The molecule has 0 aromatic heterocycles. The van der Waals surface area contributed by atoms with E-state index in [4.69, 9.17) is 5.11 Å². The number of rotatable bonds is 1. The molecule has 0 radical (unpaired) electrons. The van der Waals surface area contributed by atoms with Gasteiger partial charge in [-0.05, 0) is 23.8 Å². The normalized spacial score (nSPS) is 19.3. The fourth-order valence-corrected chi connectivity index (χ4v) is 2.03. The van der Waals surface area contributed by atoms with E-state index in [2.05, 4.69) is 21.2 Å². The summed E-state index contributed by atoms with van der Waals surface area (Å²) in [7, 11) is 0. The summed E-state index contributed by atoms with van der Waals surface area (Å²) in [4.78, 5) is 22.2. The number of carboxylic acid groups (broad SMARTS) is 1. The number of benzene rings is 1. The predicted molar refractivity (Wildman–Crippen MR) is 57.8 cm³/mol. The van der Waals surface area contributed by atoms with Crippen LogP contribution in [0.2, 0.25) is 0 Å². The second kappa shape index (κ2) is 3.66. The summed E-state index contributed by atoms with van der Waals surface area (Å²) in [6, 6.07) is 5.20. The quantitative estimate of drug-likeness (QED) is 0.819. The molecule has 2 N–H and O–H groups in total. The Labute approximate surface area is 94.4 Å². The van der Waals surface area contributed by atoms with Crippen LogP contribution in [-0.2, 0) is 9.59 Å². The number of carboxylic acids is 1. The maximum absolute atomic E-state index is 11.2. The first-order valence-corrected chi connectivity index (χ1v) is 5.19. The van der Waals surface area contributed by atoms with E-state index in [9.17, 15) is 9.59 Å². The van der Waals surface area contributed by atoms with Crippen LogP contribution in [0, 0.1) is 0 Å². The molecule has 0 unspecified atom stereocenters. The molecule has 5 heteroatoms. The monoisotopic (exact) mass is 269 g/mol. The molecule has 15 heavy (non-hydrogen) atoms. The lowest BCUT2D eigenvalue weighted by atomic mass is 9.91. The van der Waals surface area contributed by atoms with Crippen LogP contribution in [0.1, 0.15) is 17.9 Å². The number of hydrogen-bond donors (Lipinski definition) is 2. The largest absolute Gasteiger partial charge is 0.481 e. The van der Waals surface area contributed by atoms with Crippen molar-refractivity contribution >= 4 is 33.5 Å². The highest BCUT2D eigenvalue weighted by molar-refractivity contribution is 9.10. The minimum absolute atomic E-state index is 0.00120. The molecule has 2 rings (SSSR count). The Balaban J connectivity index is 2.52. The summed E-state index contributed by atoms with van der Waals surface area (Å²) < 4.78 is 0.809. The second-order valence-electron chi connectivity index (χ2n) is 3.37. The SMILES string of the molecule is O=C1C[C@H](C(=O)O)c2cc(Br)ccc2N1. The summed E-state index contributed by atoms with van der Waals surface area (Å²) in [5.74, 6) is -1.97. The first kappa shape index (κ1) is 10.2. The van der Waals surface area contributed by atoms with Crippen molar-refractivity contribution in [1.29, 1.82) is 0 Å². The van der Waals surface area contributed by atoms with Crippen molar-refractivity contribution < 1.29 is 14.7 Å². The molecule has 1 atom stereocenters. The molecule has 0 spiro atoms. The first-order chi connectivity index (χ1) is 7.08. The van der Waals surface area contributed by atoms with Gasteiger partial charge in [-0.15, -0.1) is 0 Å². The van der Waals surface area contributed by atoms with E-state index in [-0.39, 0.29) is 12.3 Å². The lowest BCUT2D eigenvalue weighted by Gasteiger charge is -2.22. The third-order valence-electron chi connectivity index (χ3n) is 2.35. The summed E-state index contributed by atoms with van der Waals surface area (Å²) in [6.45, 7) is 0. The van der Waals surface area contributed by atoms with E-state index < -0.39 is 11.9 Å². The fraction of sp³-hybridized carbons (Fsp3) is 0.200. The number of nitrogens with one attached hydrogen (secondary N) is 1. The summed E-state index contributed by atoms with van der Waals surface area (Å²) in [5, 5.41) is 11.6. The van der Waals surface area contributed by atoms with Gasteiger partial charge in [0.2, 0.25) is 5.91 Å². The van der Waals surface area contributed by atoms with E-state index >= 15 is 0 Å². The molecule has 0 bridgehead atoms. The zero-order chi connectivity index (χ0) is 11.0. The number of amides is 1. The van der Waals surface area contributed by atoms with Gasteiger partial charge in [0.1, 0.15) is 0 Å². The molecule has 78 valence electrons. The Hall–Kier alpha value is -1.36. The predicted octanol–water partition coefficient (Wildman–Crippen LogP) is 1.96. The third-order valence-corrected chi connectivity index (χ3v) is 2.84. The molecule has 0 saturated carbocycles. The molecular formula is C10H8BrNO3. The highest BCUT2D eigenvalue weighted by Crippen LogP contribution is 2.34. The van der Waals surface area contributed by atoms with E-state index in [0.29, 0.717) is 11.3 Å². The number of hydrogen-bond acceptors (Lipinski definition) is 2. The van der Waals surface area contributed by atoms with Gasteiger partial charge in [0, 0.05) is 16.6 Å². The number of halogens is 1. The van der Waals surface area contributed by atoms with Crippen LogP contribution in [0.25, 0.3) is 0 Å². The van der Waals surface area contributed by atoms with Crippen LogP contribution >= 0.6 is 15.9 Å². The zero-order valence-electron chi connectivity index (χ0n) is 7.66. The van der Waals surface area contributed by atoms with Gasteiger partial charge in [0.15, 0.2) is 0 Å². The lowest BCUT2D eigenvalue weighted by Crippen LogP contribution is -2.27. The maximum atomic E-state index is 11.2. The molecule has 4 nitrogen and oxygen atoms in total. The molecular weight excluding hydrogens is 262 g/mol. The third kappa shape index (κ3) is 1.87. The maximum Gasteiger partial charge on any atom is 0.311 e. The second-order valence-corrected chi connectivity index (χ2v) is 4.29. The van der Waals surface area contributed by atoms with Crippen LogP contribution in [0.15, 0.2) is 22.7 Å². The number of anilines is 1. The summed E-state index contributed by atoms with van der Waals surface area (Å²) in [5.41, 5.74) is 1.23. The number of fused-ring (bicyclic) bond motifs is 1. The van der Waals surface area contributed by atoms with E-state index in [1.165, 1.54) is 0 Å². The first-order valence-electron chi connectivity index (χ1n) is 4.40. The Kier molecular flexibility index (Phi) is 2.48. The molecule has 1 heterocycles. The standard InChI is InChI=1S/C10H8BrNO3/c11-5-1-2-8-6(3-5)7(10(14)15)4-9(13)12-8/h1-3,7H,4H2,(H,12,13)(H,14,15)/t7-/m0/s1. The molecule has 0 fully saturated rings. The number of carbonyl (C=O) groups excluding carboxylic acids is 1. The highest BCUT2D eigenvalue weighted by atomic mass is 79.9. The van der Waals surface area contributed by atoms with Crippen LogP contribution in [0.5, 0.6) is 0 Å². The molecule has 1 aromatic carbocycles. The van der Waals surface area contributed by atoms with Crippen LogP contribution in [-0.4, -0.2) is 17.0 Å². The highest BCUT2D eigenvalue weighted by Gasteiger charge is 2.30. The van der Waals surface area contributed by atoms with Crippen molar-refractivity contribution in [2.45, 2.75) is 12.3 Å².